The average Bonchev–Trinajstić information content (AvgIpc) is 3.09. The Morgan fingerprint density at radius 3 is 2.85 bits per heavy atom. The van der Waals surface area contributed by atoms with Gasteiger partial charge in [0.05, 0.1) is 10.2 Å². The summed E-state index contributed by atoms with van der Waals surface area (Å²) in [6, 6.07) is 7.63. The topological polar surface area (TPSA) is 56.3 Å². The molecule has 1 heterocycles. The molecule has 0 aliphatic heterocycles. The van der Waals surface area contributed by atoms with Crippen LogP contribution in [0.1, 0.15) is 42.4 Å². The van der Waals surface area contributed by atoms with Gasteiger partial charge in [-0.3, -0.25) is 4.79 Å². The first kappa shape index (κ1) is 18.3. The second-order valence-corrected chi connectivity index (χ2v) is 7.24. The van der Waals surface area contributed by atoms with E-state index in [2.05, 4.69) is 11.1 Å². The van der Waals surface area contributed by atoms with Crippen LogP contribution in [-0.4, -0.2) is 22.8 Å². The summed E-state index contributed by atoms with van der Waals surface area (Å²) < 4.78 is 6.26. The van der Waals surface area contributed by atoms with E-state index in [4.69, 9.17) is 4.74 Å². The molecule has 4 nitrogen and oxygen atoms in total. The number of hydrogen-bond acceptors (Lipinski definition) is 5. The Hall–Kier alpha value is -2.53. The number of carbonyl (C=O) groups is 2. The molecule has 0 N–H and O–H groups in total. The van der Waals surface area contributed by atoms with Gasteiger partial charge in [-0.05, 0) is 56.9 Å². The molecule has 1 aliphatic carbocycles. The van der Waals surface area contributed by atoms with Crippen LogP contribution in [0.25, 0.3) is 10.2 Å². The number of ether oxygens (including phenoxy) is 1. The van der Waals surface area contributed by atoms with Crippen molar-refractivity contribution in [2.45, 2.75) is 38.7 Å². The summed E-state index contributed by atoms with van der Waals surface area (Å²) in [5.74, 6) is -0.585. The Labute approximate surface area is 156 Å². The molecule has 134 valence electrons. The molecule has 2 aromatic rings. The molecule has 0 bridgehead atoms. The van der Waals surface area contributed by atoms with Crippen molar-refractivity contribution in [3.63, 3.8) is 0 Å². The number of fused-ring (bicyclic) bond motifs is 1. The van der Waals surface area contributed by atoms with Gasteiger partial charge in [0.1, 0.15) is 6.10 Å². The molecule has 1 aromatic heterocycles. The van der Waals surface area contributed by atoms with Crippen LogP contribution in [0.4, 0.5) is 0 Å². The maximum Gasteiger partial charge on any atom is 0.331 e. The summed E-state index contributed by atoms with van der Waals surface area (Å²) in [4.78, 5) is 28.4. The molecule has 5 heteroatoms. The highest BCUT2D eigenvalue weighted by molar-refractivity contribution is 7.20. The molecular weight excluding hydrogens is 346 g/mol. The smallest absolute Gasteiger partial charge is 0.331 e. The third-order valence-electron chi connectivity index (χ3n) is 4.08. The third-order valence-corrected chi connectivity index (χ3v) is 5.14. The summed E-state index contributed by atoms with van der Waals surface area (Å²) in [6.07, 6.45) is 12.4. The quantitative estimate of drug-likeness (QED) is 0.408. The second kappa shape index (κ2) is 8.72. The number of thiazole rings is 1. The summed E-state index contributed by atoms with van der Waals surface area (Å²) in [7, 11) is 0. The van der Waals surface area contributed by atoms with Crippen LogP contribution in [-0.2, 0) is 9.53 Å². The molecule has 0 radical (unpaired) electrons. The fourth-order valence-corrected chi connectivity index (χ4v) is 3.61. The fourth-order valence-electron chi connectivity index (χ4n) is 2.72. The number of ketones is 1. The number of aromatic nitrogens is 1. The molecule has 0 fully saturated rings. The molecule has 1 aliphatic rings. The van der Waals surface area contributed by atoms with Crippen LogP contribution in [0.5, 0.6) is 0 Å². The predicted octanol–water partition coefficient (Wildman–Crippen LogP) is 5.02. The van der Waals surface area contributed by atoms with Gasteiger partial charge >= 0.3 is 5.97 Å². The number of benzene rings is 1. The molecule has 1 aromatic carbocycles. The van der Waals surface area contributed by atoms with Crippen molar-refractivity contribution in [1.82, 2.24) is 4.98 Å². The Bertz CT molecular complexity index is 859. The van der Waals surface area contributed by atoms with Gasteiger partial charge in [-0.25, -0.2) is 9.78 Å². The van der Waals surface area contributed by atoms with Crippen LogP contribution >= 0.6 is 11.3 Å². The molecule has 0 saturated heterocycles. The predicted molar refractivity (Wildman–Crippen MR) is 104 cm³/mol. The molecule has 26 heavy (non-hydrogen) atoms. The average molecular weight is 367 g/mol. The summed E-state index contributed by atoms with van der Waals surface area (Å²) in [5, 5.41) is 0.435. The van der Waals surface area contributed by atoms with Crippen LogP contribution < -0.4 is 0 Å². The molecule has 0 unspecified atom stereocenters. The normalized spacial score (nSPS) is 16.1. The molecule has 0 amide bonds. The molecule has 0 saturated carbocycles. The van der Waals surface area contributed by atoms with E-state index in [0.29, 0.717) is 5.01 Å². The first-order chi connectivity index (χ1) is 12.6. The van der Waals surface area contributed by atoms with Crippen LogP contribution in [0.3, 0.4) is 0 Å². The van der Waals surface area contributed by atoms with Crippen LogP contribution in [0.2, 0.25) is 0 Å². The van der Waals surface area contributed by atoms with Gasteiger partial charge in [0.25, 0.3) is 0 Å². The van der Waals surface area contributed by atoms with Gasteiger partial charge in [0.15, 0.2) is 5.01 Å². The van der Waals surface area contributed by atoms with Gasteiger partial charge < -0.3 is 4.74 Å². The molecular formula is C21H21NO3S. The summed E-state index contributed by atoms with van der Waals surface area (Å²) in [5.41, 5.74) is 2.00. The van der Waals surface area contributed by atoms with Crippen LogP contribution in [0, 0.1) is 0 Å². The third kappa shape index (κ3) is 4.99. The van der Waals surface area contributed by atoms with Crippen molar-refractivity contribution in [2.24, 2.45) is 0 Å². The van der Waals surface area contributed by atoms with Crippen molar-refractivity contribution in [2.75, 3.05) is 0 Å². The minimum absolute atomic E-state index is 0.183. The summed E-state index contributed by atoms with van der Waals surface area (Å²) in [6.45, 7) is 1.73. The second-order valence-electron chi connectivity index (χ2n) is 6.21. The van der Waals surface area contributed by atoms with E-state index in [0.717, 1.165) is 29.5 Å². The zero-order valence-electron chi connectivity index (χ0n) is 14.7. The van der Waals surface area contributed by atoms with Gasteiger partial charge in [0.2, 0.25) is 5.78 Å². The number of carbonyl (C=O) groups excluding carboxylic acids is 2. The van der Waals surface area contributed by atoms with Gasteiger partial charge in [-0.15, -0.1) is 11.3 Å². The van der Waals surface area contributed by atoms with Gasteiger partial charge in [0, 0.05) is 6.08 Å². The summed E-state index contributed by atoms with van der Waals surface area (Å²) >= 11 is 1.36. The molecule has 0 spiro atoms. The first-order valence-corrected chi connectivity index (χ1v) is 9.59. The van der Waals surface area contributed by atoms with E-state index in [1.54, 1.807) is 13.0 Å². The van der Waals surface area contributed by atoms with E-state index in [1.165, 1.54) is 35.5 Å². The first-order valence-electron chi connectivity index (χ1n) is 8.77. The van der Waals surface area contributed by atoms with Crippen molar-refractivity contribution >= 4 is 33.3 Å². The zero-order chi connectivity index (χ0) is 18.4. The lowest BCUT2D eigenvalue weighted by Gasteiger charge is -2.09. The highest BCUT2D eigenvalue weighted by Crippen LogP contribution is 2.22. The lowest BCUT2D eigenvalue weighted by molar-refractivity contribution is -0.140. The number of esters is 1. The monoisotopic (exact) mass is 367 g/mol. The standard InChI is InChI=1S/C21H21NO3S/c1-15(25-20(24)14-12-16-7-3-2-4-8-16)11-13-18(23)21-22-17-9-5-6-10-19(17)26-21/h5-7,9-15H,2-4,8H2,1H3/b13-11-,14-12+/t15-/m1/s1. The lowest BCUT2D eigenvalue weighted by atomic mass is 9.99. The number of para-hydroxylation sites is 1. The highest BCUT2D eigenvalue weighted by Gasteiger charge is 2.10. The van der Waals surface area contributed by atoms with E-state index >= 15 is 0 Å². The zero-order valence-corrected chi connectivity index (χ0v) is 15.5. The maximum absolute atomic E-state index is 12.2. The van der Waals surface area contributed by atoms with Crippen molar-refractivity contribution in [3.8, 4) is 0 Å². The van der Waals surface area contributed by atoms with E-state index in [9.17, 15) is 9.59 Å². The SMILES string of the molecule is C[C@H](/C=C\C(=O)c1nc2ccccc2s1)OC(=O)/C=C/C1=CCCCC1. The van der Waals surface area contributed by atoms with E-state index in [-0.39, 0.29) is 5.78 Å². The Balaban J connectivity index is 1.53. The lowest BCUT2D eigenvalue weighted by Crippen LogP contribution is -2.11. The van der Waals surface area contributed by atoms with Crippen molar-refractivity contribution < 1.29 is 14.3 Å². The van der Waals surface area contributed by atoms with E-state index < -0.39 is 12.1 Å². The Morgan fingerprint density at radius 2 is 2.08 bits per heavy atom. The van der Waals surface area contributed by atoms with Crippen LogP contribution in [0.15, 0.2) is 60.2 Å². The highest BCUT2D eigenvalue weighted by atomic mass is 32.1. The van der Waals surface area contributed by atoms with E-state index in [1.807, 2.05) is 30.3 Å². The Kier molecular flexibility index (Phi) is 6.12. The number of allylic oxidation sites excluding steroid dienone is 4. The van der Waals surface area contributed by atoms with Crippen molar-refractivity contribution in [1.29, 1.82) is 0 Å². The fraction of sp³-hybridized carbons (Fsp3) is 0.286. The number of nitrogens with zero attached hydrogens (tertiary/aromatic N) is 1. The van der Waals surface area contributed by atoms with Gasteiger partial charge in [-0.1, -0.05) is 29.9 Å². The molecule has 1 atom stereocenters. The minimum atomic E-state index is -0.481. The van der Waals surface area contributed by atoms with Crippen molar-refractivity contribution in [3.05, 3.63) is 65.2 Å². The minimum Gasteiger partial charge on any atom is -0.455 e. The molecule has 3 rings (SSSR count). The Morgan fingerprint density at radius 1 is 1.23 bits per heavy atom. The number of hydrogen-bond donors (Lipinski definition) is 0. The van der Waals surface area contributed by atoms with Gasteiger partial charge in [-0.2, -0.15) is 0 Å². The maximum atomic E-state index is 12.2. The number of rotatable bonds is 6. The largest absolute Gasteiger partial charge is 0.455 e.